The number of nitrogens with zero attached hydrogens (tertiary/aromatic N) is 3. The normalized spacial score (nSPS) is 10.0. The molecule has 4 nitrogen and oxygen atoms in total. The summed E-state index contributed by atoms with van der Waals surface area (Å²) in [7, 11) is 0. The molecule has 0 atom stereocenters. The molecule has 0 N–H and O–H groups in total. The quantitative estimate of drug-likeness (QED) is 0.720. The largest absolute Gasteiger partial charge is 0.330 e. The van der Waals surface area contributed by atoms with Gasteiger partial charge in [0, 0.05) is 12.2 Å². The standard InChI is InChI=1S/C13H19N3O/c1-5-7-15(8-6-2)13(17)10-16-12(4)9-11(3)14-16/h1,9H,6-8,10H2,2-4H3. The fourth-order valence-electron chi connectivity index (χ4n) is 1.74. The molecule has 0 radical (unpaired) electrons. The number of amides is 1. The van der Waals surface area contributed by atoms with Gasteiger partial charge in [-0.3, -0.25) is 9.48 Å². The van der Waals surface area contributed by atoms with Crippen LogP contribution in [0.15, 0.2) is 6.07 Å². The van der Waals surface area contributed by atoms with Crippen molar-refractivity contribution in [3.8, 4) is 12.3 Å². The first-order valence-corrected chi connectivity index (χ1v) is 5.80. The summed E-state index contributed by atoms with van der Waals surface area (Å²) >= 11 is 0. The molecule has 0 spiro atoms. The average Bonchev–Trinajstić information content (AvgIpc) is 2.57. The van der Waals surface area contributed by atoms with E-state index in [1.807, 2.05) is 26.8 Å². The van der Waals surface area contributed by atoms with Crippen molar-refractivity contribution in [1.82, 2.24) is 14.7 Å². The molecule has 0 aliphatic heterocycles. The van der Waals surface area contributed by atoms with Gasteiger partial charge in [0.1, 0.15) is 6.54 Å². The van der Waals surface area contributed by atoms with Gasteiger partial charge in [-0.25, -0.2) is 0 Å². The Morgan fingerprint density at radius 2 is 2.29 bits per heavy atom. The fourth-order valence-corrected chi connectivity index (χ4v) is 1.74. The van der Waals surface area contributed by atoms with Crippen LogP contribution in [0, 0.1) is 26.2 Å². The smallest absolute Gasteiger partial charge is 0.245 e. The molecule has 0 bridgehead atoms. The maximum absolute atomic E-state index is 12.0. The number of carbonyl (C=O) groups is 1. The van der Waals surface area contributed by atoms with Gasteiger partial charge in [-0.2, -0.15) is 5.10 Å². The molecule has 0 saturated carbocycles. The van der Waals surface area contributed by atoms with Crippen molar-refractivity contribution in [3.63, 3.8) is 0 Å². The summed E-state index contributed by atoms with van der Waals surface area (Å²) in [5, 5.41) is 4.27. The fraction of sp³-hybridized carbons (Fsp3) is 0.538. The number of aromatic nitrogens is 2. The van der Waals surface area contributed by atoms with Gasteiger partial charge >= 0.3 is 0 Å². The predicted molar refractivity (Wildman–Crippen MR) is 67.4 cm³/mol. The van der Waals surface area contributed by atoms with E-state index in [4.69, 9.17) is 6.42 Å². The van der Waals surface area contributed by atoms with Gasteiger partial charge in [0.2, 0.25) is 5.91 Å². The van der Waals surface area contributed by atoms with Crippen LogP contribution < -0.4 is 0 Å². The van der Waals surface area contributed by atoms with E-state index in [0.717, 1.165) is 17.8 Å². The van der Waals surface area contributed by atoms with E-state index < -0.39 is 0 Å². The summed E-state index contributed by atoms with van der Waals surface area (Å²) in [4.78, 5) is 13.7. The lowest BCUT2D eigenvalue weighted by Crippen LogP contribution is -2.35. The molecule has 0 aliphatic carbocycles. The van der Waals surface area contributed by atoms with Gasteiger partial charge in [-0.15, -0.1) is 6.42 Å². The summed E-state index contributed by atoms with van der Waals surface area (Å²) in [6.45, 7) is 7.22. The Labute approximate surface area is 103 Å². The Morgan fingerprint density at radius 3 is 2.76 bits per heavy atom. The number of hydrogen-bond acceptors (Lipinski definition) is 2. The van der Waals surface area contributed by atoms with Crippen molar-refractivity contribution in [1.29, 1.82) is 0 Å². The molecular formula is C13H19N3O. The minimum Gasteiger partial charge on any atom is -0.330 e. The maximum atomic E-state index is 12.0. The summed E-state index contributed by atoms with van der Waals surface area (Å²) in [5.74, 6) is 2.54. The lowest BCUT2D eigenvalue weighted by atomic mass is 10.3. The second-order valence-corrected chi connectivity index (χ2v) is 4.10. The zero-order valence-corrected chi connectivity index (χ0v) is 10.7. The molecule has 17 heavy (non-hydrogen) atoms. The zero-order chi connectivity index (χ0) is 12.8. The third-order valence-corrected chi connectivity index (χ3v) is 2.52. The highest BCUT2D eigenvalue weighted by molar-refractivity contribution is 5.76. The Balaban J connectivity index is 2.70. The number of carbonyl (C=O) groups excluding carboxylic acids is 1. The first-order chi connectivity index (χ1) is 8.08. The van der Waals surface area contributed by atoms with Crippen LogP contribution in [-0.4, -0.2) is 33.7 Å². The van der Waals surface area contributed by atoms with Crippen LogP contribution in [0.4, 0.5) is 0 Å². The molecule has 0 aliphatic rings. The number of terminal acetylenes is 1. The molecule has 4 heteroatoms. The van der Waals surface area contributed by atoms with Crippen LogP contribution in [0.25, 0.3) is 0 Å². The Morgan fingerprint density at radius 1 is 1.59 bits per heavy atom. The molecule has 0 saturated heterocycles. The minimum absolute atomic E-state index is 0.0241. The molecule has 0 aromatic carbocycles. The topological polar surface area (TPSA) is 38.1 Å². The van der Waals surface area contributed by atoms with Crippen molar-refractivity contribution in [2.75, 3.05) is 13.1 Å². The van der Waals surface area contributed by atoms with Gasteiger partial charge in [-0.1, -0.05) is 12.8 Å². The highest BCUT2D eigenvalue weighted by atomic mass is 16.2. The minimum atomic E-state index is 0.0241. The summed E-state index contributed by atoms with van der Waals surface area (Å²) in [6, 6.07) is 1.96. The molecule has 1 heterocycles. The van der Waals surface area contributed by atoms with Crippen molar-refractivity contribution >= 4 is 5.91 Å². The van der Waals surface area contributed by atoms with E-state index >= 15 is 0 Å². The average molecular weight is 233 g/mol. The monoisotopic (exact) mass is 233 g/mol. The third kappa shape index (κ3) is 3.63. The number of hydrogen-bond donors (Lipinski definition) is 0. The van der Waals surface area contributed by atoms with Crippen LogP contribution in [-0.2, 0) is 11.3 Å². The van der Waals surface area contributed by atoms with Gasteiger partial charge < -0.3 is 4.90 Å². The Kier molecular flexibility index (Phi) is 4.77. The maximum Gasteiger partial charge on any atom is 0.245 e. The third-order valence-electron chi connectivity index (χ3n) is 2.52. The van der Waals surface area contributed by atoms with Crippen LogP contribution in [0.3, 0.4) is 0 Å². The number of rotatable bonds is 5. The highest BCUT2D eigenvalue weighted by Crippen LogP contribution is 2.03. The van der Waals surface area contributed by atoms with E-state index in [0.29, 0.717) is 13.1 Å². The van der Waals surface area contributed by atoms with Crippen molar-refractivity contribution < 1.29 is 4.79 Å². The van der Waals surface area contributed by atoms with E-state index in [2.05, 4.69) is 11.0 Å². The molecule has 1 aromatic rings. The van der Waals surface area contributed by atoms with Crippen molar-refractivity contribution in [2.45, 2.75) is 33.7 Å². The van der Waals surface area contributed by atoms with Gasteiger partial charge in [0.25, 0.3) is 0 Å². The molecular weight excluding hydrogens is 214 g/mol. The highest BCUT2D eigenvalue weighted by Gasteiger charge is 2.13. The first kappa shape index (κ1) is 13.3. The van der Waals surface area contributed by atoms with E-state index in [1.54, 1.807) is 9.58 Å². The second-order valence-electron chi connectivity index (χ2n) is 4.10. The van der Waals surface area contributed by atoms with Crippen LogP contribution in [0.2, 0.25) is 0 Å². The molecule has 1 aromatic heterocycles. The van der Waals surface area contributed by atoms with Crippen LogP contribution in [0.1, 0.15) is 24.7 Å². The lowest BCUT2D eigenvalue weighted by Gasteiger charge is -2.19. The van der Waals surface area contributed by atoms with Crippen LogP contribution in [0.5, 0.6) is 0 Å². The Bertz CT molecular complexity index is 428. The van der Waals surface area contributed by atoms with E-state index in [-0.39, 0.29) is 12.5 Å². The molecule has 0 unspecified atom stereocenters. The summed E-state index contributed by atoms with van der Waals surface area (Å²) in [5.41, 5.74) is 1.92. The SMILES string of the molecule is C#CCN(CCC)C(=O)Cn1nc(C)cc1C. The Hall–Kier alpha value is -1.76. The summed E-state index contributed by atoms with van der Waals surface area (Å²) < 4.78 is 1.72. The van der Waals surface area contributed by atoms with Crippen LogP contribution >= 0.6 is 0 Å². The number of aryl methyl sites for hydroxylation is 2. The predicted octanol–water partition coefficient (Wildman–Crippen LogP) is 1.37. The first-order valence-electron chi connectivity index (χ1n) is 5.80. The molecule has 1 amide bonds. The van der Waals surface area contributed by atoms with Gasteiger partial charge in [0.15, 0.2) is 0 Å². The van der Waals surface area contributed by atoms with Gasteiger partial charge in [0.05, 0.1) is 12.2 Å². The molecule has 0 fully saturated rings. The van der Waals surface area contributed by atoms with Crippen molar-refractivity contribution in [3.05, 3.63) is 17.5 Å². The molecule has 92 valence electrons. The van der Waals surface area contributed by atoms with E-state index in [9.17, 15) is 4.79 Å². The van der Waals surface area contributed by atoms with E-state index in [1.165, 1.54) is 0 Å². The summed E-state index contributed by atoms with van der Waals surface area (Å²) in [6.07, 6.45) is 6.17. The lowest BCUT2D eigenvalue weighted by molar-refractivity contribution is -0.131. The van der Waals surface area contributed by atoms with Gasteiger partial charge in [-0.05, 0) is 26.3 Å². The van der Waals surface area contributed by atoms with Crippen molar-refractivity contribution in [2.24, 2.45) is 0 Å². The zero-order valence-electron chi connectivity index (χ0n) is 10.7. The second kappa shape index (κ2) is 6.09. The molecule has 1 rings (SSSR count).